The van der Waals surface area contributed by atoms with Gasteiger partial charge in [-0.1, -0.05) is 18.2 Å². The van der Waals surface area contributed by atoms with Crippen LogP contribution in [0.3, 0.4) is 0 Å². The van der Waals surface area contributed by atoms with Crippen molar-refractivity contribution in [1.82, 2.24) is 5.43 Å². The van der Waals surface area contributed by atoms with Crippen LogP contribution < -0.4 is 15.3 Å². The molecule has 0 amide bonds. The van der Waals surface area contributed by atoms with Crippen molar-refractivity contribution in [3.8, 4) is 5.75 Å². The van der Waals surface area contributed by atoms with E-state index in [-0.39, 0.29) is 15.8 Å². The second kappa shape index (κ2) is 7.01. The van der Waals surface area contributed by atoms with E-state index in [0.717, 1.165) is 5.56 Å². The van der Waals surface area contributed by atoms with Gasteiger partial charge in [-0.05, 0) is 54.2 Å². The Morgan fingerprint density at radius 1 is 1.14 bits per heavy atom. The van der Waals surface area contributed by atoms with Crippen LogP contribution in [0.5, 0.6) is 5.75 Å². The van der Waals surface area contributed by atoms with Gasteiger partial charge < -0.3 is 9.92 Å². The molecular formula is C14H13N3O3S2. The molecule has 0 aliphatic heterocycles. The average molecular weight is 335 g/mol. The lowest BCUT2D eigenvalue weighted by atomic mass is 10.2. The van der Waals surface area contributed by atoms with Crippen molar-refractivity contribution < 1.29 is 12.6 Å². The lowest BCUT2D eigenvalue weighted by Crippen LogP contribution is -2.23. The maximum atomic E-state index is 12.0. The Kier molecular flexibility index (Phi) is 5.08. The second-order valence-electron chi connectivity index (χ2n) is 4.15. The van der Waals surface area contributed by atoms with E-state index in [1.165, 1.54) is 30.5 Å². The van der Waals surface area contributed by atoms with E-state index in [1.807, 2.05) is 0 Å². The molecule has 3 N–H and O–H groups in total. The smallest absolute Gasteiger partial charge is 0.339 e. The van der Waals surface area contributed by atoms with Crippen molar-refractivity contribution in [2.24, 2.45) is 10.8 Å². The first-order chi connectivity index (χ1) is 10.5. The number of rotatable bonds is 5. The number of benzene rings is 2. The zero-order valence-electron chi connectivity index (χ0n) is 11.3. The summed E-state index contributed by atoms with van der Waals surface area (Å²) in [6, 6.07) is 14.3. The topological polar surface area (TPSA) is 93.8 Å². The summed E-state index contributed by atoms with van der Waals surface area (Å²) >= 11 is 4.60. The Morgan fingerprint density at radius 2 is 1.77 bits per heavy atom. The van der Waals surface area contributed by atoms with Gasteiger partial charge in [-0.15, -0.1) is 0 Å². The van der Waals surface area contributed by atoms with Crippen molar-refractivity contribution in [2.45, 2.75) is 4.90 Å². The van der Waals surface area contributed by atoms with E-state index in [1.54, 1.807) is 30.3 Å². The standard InChI is InChI=1S/C14H13N3O3S2/c15-14(21)17-16-10-11-6-8-12(9-7-11)20-22(18,19)13-4-2-1-3-5-13/h1-10H,(H3,15,17,21)/b16-10-. The number of thiocarbonyl (C=S) groups is 1. The van der Waals surface area contributed by atoms with Crippen LogP contribution in [0.25, 0.3) is 0 Å². The van der Waals surface area contributed by atoms with Gasteiger partial charge in [0.05, 0.1) is 6.21 Å². The minimum atomic E-state index is -3.83. The third-order valence-corrected chi connectivity index (χ3v) is 3.86. The van der Waals surface area contributed by atoms with Gasteiger partial charge in [0.1, 0.15) is 10.6 Å². The monoisotopic (exact) mass is 335 g/mol. The molecule has 0 aliphatic carbocycles. The summed E-state index contributed by atoms with van der Waals surface area (Å²) in [5, 5.41) is 3.85. The van der Waals surface area contributed by atoms with Gasteiger partial charge in [0, 0.05) is 0 Å². The molecule has 0 saturated carbocycles. The SMILES string of the molecule is NC(=S)N/N=C\c1ccc(OS(=O)(=O)c2ccccc2)cc1. The third-order valence-electron chi connectivity index (χ3n) is 2.51. The molecule has 22 heavy (non-hydrogen) atoms. The van der Waals surface area contributed by atoms with Crippen molar-refractivity contribution in [3.63, 3.8) is 0 Å². The van der Waals surface area contributed by atoms with Crippen LogP contribution in [0.4, 0.5) is 0 Å². The molecule has 8 heteroatoms. The summed E-state index contributed by atoms with van der Waals surface area (Å²) < 4.78 is 29.2. The van der Waals surface area contributed by atoms with E-state index in [0.29, 0.717) is 0 Å². The third kappa shape index (κ3) is 4.54. The van der Waals surface area contributed by atoms with Gasteiger partial charge in [-0.2, -0.15) is 13.5 Å². The van der Waals surface area contributed by atoms with Gasteiger partial charge in [0.2, 0.25) is 0 Å². The highest BCUT2D eigenvalue weighted by Gasteiger charge is 2.15. The molecule has 0 aromatic heterocycles. The summed E-state index contributed by atoms with van der Waals surface area (Å²) in [5.74, 6) is 0.211. The summed E-state index contributed by atoms with van der Waals surface area (Å²) in [5.41, 5.74) is 8.37. The number of nitrogens with two attached hydrogens (primary N) is 1. The number of hydrogen-bond acceptors (Lipinski definition) is 5. The fourth-order valence-electron chi connectivity index (χ4n) is 1.54. The Morgan fingerprint density at radius 3 is 2.36 bits per heavy atom. The molecule has 6 nitrogen and oxygen atoms in total. The lowest BCUT2D eigenvalue weighted by molar-refractivity contribution is 0.486. The number of nitrogens with zero attached hydrogens (tertiary/aromatic N) is 1. The molecule has 0 atom stereocenters. The van der Waals surface area contributed by atoms with Gasteiger partial charge in [-0.25, -0.2) is 0 Å². The van der Waals surface area contributed by atoms with Crippen LogP contribution in [0.2, 0.25) is 0 Å². The largest absolute Gasteiger partial charge is 0.379 e. The van der Waals surface area contributed by atoms with Crippen molar-refractivity contribution >= 4 is 33.7 Å². The van der Waals surface area contributed by atoms with Crippen LogP contribution in [0.15, 0.2) is 64.6 Å². The molecule has 0 saturated heterocycles. The highest BCUT2D eigenvalue weighted by Crippen LogP contribution is 2.18. The maximum Gasteiger partial charge on any atom is 0.339 e. The van der Waals surface area contributed by atoms with Crippen molar-refractivity contribution in [1.29, 1.82) is 0 Å². The Labute approximate surface area is 133 Å². The normalized spacial score (nSPS) is 11.3. The van der Waals surface area contributed by atoms with Crippen LogP contribution in [-0.4, -0.2) is 19.7 Å². The second-order valence-corrected chi connectivity index (χ2v) is 6.14. The summed E-state index contributed by atoms with van der Waals surface area (Å²) in [6.45, 7) is 0. The first kappa shape index (κ1) is 15.9. The van der Waals surface area contributed by atoms with Crippen molar-refractivity contribution in [2.75, 3.05) is 0 Å². The molecule has 2 aromatic carbocycles. The zero-order valence-corrected chi connectivity index (χ0v) is 13.0. The van der Waals surface area contributed by atoms with E-state index in [9.17, 15) is 8.42 Å². The first-order valence-electron chi connectivity index (χ1n) is 6.15. The molecule has 0 heterocycles. The van der Waals surface area contributed by atoms with E-state index >= 15 is 0 Å². The molecule has 0 unspecified atom stereocenters. The van der Waals surface area contributed by atoms with Gasteiger partial charge >= 0.3 is 10.1 Å². The van der Waals surface area contributed by atoms with Crippen molar-refractivity contribution in [3.05, 3.63) is 60.2 Å². The molecule has 2 rings (SSSR count). The van der Waals surface area contributed by atoms with Gasteiger partial charge in [0.25, 0.3) is 0 Å². The van der Waals surface area contributed by atoms with Crippen LogP contribution in [0.1, 0.15) is 5.56 Å². The molecule has 0 aliphatic rings. The molecular weight excluding hydrogens is 322 g/mol. The molecule has 114 valence electrons. The molecule has 2 aromatic rings. The predicted octanol–water partition coefficient (Wildman–Crippen LogP) is 1.62. The van der Waals surface area contributed by atoms with E-state index < -0.39 is 10.1 Å². The Bertz CT molecular complexity index is 773. The quantitative estimate of drug-likeness (QED) is 0.373. The minimum absolute atomic E-state index is 0.0603. The van der Waals surface area contributed by atoms with E-state index in [2.05, 4.69) is 22.7 Å². The molecule has 0 radical (unpaired) electrons. The zero-order chi connectivity index (χ0) is 16.0. The highest BCUT2D eigenvalue weighted by atomic mass is 32.2. The number of hydrazone groups is 1. The fraction of sp³-hybridized carbons (Fsp3) is 0. The Balaban J connectivity index is 2.08. The minimum Gasteiger partial charge on any atom is -0.379 e. The highest BCUT2D eigenvalue weighted by molar-refractivity contribution is 7.87. The summed E-state index contributed by atoms with van der Waals surface area (Å²) in [6.07, 6.45) is 1.49. The van der Waals surface area contributed by atoms with Crippen LogP contribution in [-0.2, 0) is 10.1 Å². The lowest BCUT2D eigenvalue weighted by Gasteiger charge is -2.06. The fourth-order valence-corrected chi connectivity index (χ4v) is 2.55. The Hall–Kier alpha value is -2.45. The predicted molar refractivity (Wildman–Crippen MR) is 88.2 cm³/mol. The van der Waals surface area contributed by atoms with Gasteiger partial charge in [0.15, 0.2) is 5.11 Å². The van der Waals surface area contributed by atoms with Crippen LogP contribution >= 0.6 is 12.2 Å². The van der Waals surface area contributed by atoms with Crippen LogP contribution in [0, 0.1) is 0 Å². The summed E-state index contributed by atoms with van der Waals surface area (Å²) in [4.78, 5) is 0.0984. The number of nitrogens with one attached hydrogen (secondary N) is 1. The molecule has 0 bridgehead atoms. The van der Waals surface area contributed by atoms with Gasteiger partial charge in [-0.3, -0.25) is 5.43 Å². The molecule has 0 spiro atoms. The average Bonchev–Trinajstić information content (AvgIpc) is 2.49. The summed E-state index contributed by atoms with van der Waals surface area (Å²) in [7, 11) is -3.83. The molecule has 0 fully saturated rings. The maximum absolute atomic E-state index is 12.0. The number of hydrogen-bond donors (Lipinski definition) is 2. The first-order valence-corrected chi connectivity index (χ1v) is 7.97. The van der Waals surface area contributed by atoms with E-state index in [4.69, 9.17) is 9.92 Å².